The summed E-state index contributed by atoms with van der Waals surface area (Å²) in [5.74, 6) is 0. The van der Waals surface area contributed by atoms with Crippen molar-refractivity contribution in [3.63, 3.8) is 0 Å². The molecule has 1 saturated heterocycles. The van der Waals surface area contributed by atoms with Crippen LogP contribution in [0.1, 0.15) is 34.1 Å². The fourth-order valence-corrected chi connectivity index (χ4v) is 1.50. The number of likely N-dealkylation sites (N-methyl/N-ethyl adjacent to an activating group) is 1. The second kappa shape index (κ2) is 2.54. The lowest BCUT2D eigenvalue weighted by molar-refractivity contribution is 0.291. The maximum atomic E-state index is 2.53. The van der Waals surface area contributed by atoms with Gasteiger partial charge < -0.3 is 0 Å². The summed E-state index contributed by atoms with van der Waals surface area (Å²) in [5, 5.41) is 0. The highest BCUT2D eigenvalue weighted by Crippen LogP contribution is 2.37. The Morgan fingerprint density at radius 1 is 1.40 bits per heavy atom. The summed E-state index contributed by atoms with van der Waals surface area (Å²) in [7, 11) is 0. The van der Waals surface area contributed by atoms with Gasteiger partial charge >= 0.3 is 0 Å². The van der Waals surface area contributed by atoms with Gasteiger partial charge in [0.1, 0.15) is 0 Å². The first-order valence-corrected chi connectivity index (χ1v) is 4.36. The van der Waals surface area contributed by atoms with E-state index in [4.69, 9.17) is 0 Å². The van der Waals surface area contributed by atoms with Gasteiger partial charge in [0, 0.05) is 12.6 Å². The van der Waals surface area contributed by atoms with Crippen molar-refractivity contribution >= 4 is 0 Å². The number of hydrogen-bond donors (Lipinski definition) is 0. The summed E-state index contributed by atoms with van der Waals surface area (Å²) in [4.78, 5) is 2.53. The summed E-state index contributed by atoms with van der Waals surface area (Å²) in [6.07, 6.45) is 1.30. The zero-order valence-electron chi connectivity index (χ0n) is 7.65. The Kier molecular flexibility index (Phi) is 2.04. The molecule has 2 atom stereocenters. The van der Waals surface area contributed by atoms with Crippen molar-refractivity contribution in [1.29, 1.82) is 0 Å². The maximum Gasteiger partial charge on any atom is 0.0274 e. The van der Waals surface area contributed by atoms with Crippen LogP contribution >= 0.6 is 0 Å². The quantitative estimate of drug-likeness (QED) is 0.544. The van der Waals surface area contributed by atoms with Crippen LogP contribution in [-0.2, 0) is 0 Å². The molecule has 0 radical (unpaired) electrons. The van der Waals surface area contributed by atoms with E-state index in [9.17, 15) is 0 Å². The molecule has 1 rings (SSSR count). The minimum absolute atomic E-state index is 0.552. The van der Waals surface area contributed by atoms with Crippen molar-refractivity contribution in [2.24, 2.45) is 5.41 Å². The molecular formula is C9H19N. The molecule has 60 valence electrons. The van der Waals surface area contributed by atoms with Crippen LogP contribution in [0, 0.1) is 5.41 Å². The predicted octanol–water partition coefficient (Wildman–Crippen LogP) is 2.13. The molecule has 0 aromatic carbocycles. The molecule has 2 unspecified atom stereocenters. The maximum absolute atomic E-state index is 2.53. The minimum atomic E-state index is 0.552. The van der Waals surface area contributed by atoms with Crippen molar-refractivity contribution in [2.45, 2.75) is 40.2 Å². The first-order valence-electron chi connectivity index (χ1n) is 4.36. The van der Waals surface area contributed by atoms with E-state index >= 15 is 0 Å². The van der Waals surface area contributed by atoms with Crippen LogP contribution in [0.4, 0.5) is 0 Å². The molecule has 0 saturated carbocycles. The monoisotopic (exact) mass is 141 g/mol. The summed E-state index contributed by atoms with van der Waals surface area (Å²) in [6, 6.07) is 0.877. The molecule has 1 aliphatic heterocycles. The van der Waals surface area contributed by atoms with Crippen molar-refractivity contribution in [3.8, 4) is 0 Å². The van der Waals surface area contributed by atoms with Gasteiger partial charge in [0.05, 0.1) is 0 Å². The Labute approximate surface area is 64.4 Å². The van der Waals surface area contributed by atoms with Crippen LogP contribution in [0.25, 0.3) is 0 Å². The zero-order chi connectivity index (χ0) is 7.78. The van der Waals surface area contributed by atoms with Crippen LogP contribution in [0.2, 0.25) is 0 Å². The van der Waals surface area contributed by atoms with Gasteiger partial charge in [-0.1, -0.05) is 27.7 Å². The molecule has 1 heterocycles. The lowest BCUT2D eigenvalue weighted by atomic mass is 9.86. The highest BCUT2D eigenvalue weighted by Gasteiger charge is 2.43. The molecule has 1 fully saturated rings. The highest BCUT2D eigenvalue weighted by molar-refractivity contribution is 4.98. The molecule has 0 amide bonds. The Morgan fingerprint density at radius 2 is 2.00 bits per heavy atom. The topological polar surface area (TPSA) is 3.01 Å². The summed E-state index contributed by atoms with van der Waals surface area (Å²) in [5.41, 5.74) is 0.552. The standard InChI is InChI=1S/C9H19N/c1-5-9(3,4)8-7-10(8)6-2/h8H,5-7H2,1-4H3. The van der Waals surface area contributed by atoms with Crippen molar-refractivity contribution in [3.05, 3.63) is 0 Å². The van der Waals surface area contributed by atoms with Gasteiger partial charge in [-0.3, -0.25) is 4.90 Å². The van der Waals surface area contributed by atoms with Crippen LogP contribution in [0.3, 0.4) is 0 Å². The number of nitrogens with zero attached hydrogens (tertiary/aromatic N) is 1. The molecule has 0 spiro atoms. The van der Waals surface area contributed by atoms with Gasteiger partial charge in [-0.25, -0.2) is 0 Å². The lowest BCUT2D eigenvalue weighted by Gasteiger charge is -2.22. The van der Waals surface area contributed by atoms with Crippen molar-refractivity contribution in [1.82, 2.24) is 4.90 Å². The average Bonchev–Trinajstić information content (AvgIpc) is 2.66. The molecule has 0 aromatic heterocycles. The summed E-state index contributed by atoms with van der Waals surface area (Å²) in [6.45, 7) is 11.8. The third kappa shape index (κ3) is 1.34. The van der Waals surface area contributed by atoms with E-state index in [1.807, 2.05) is 0 Å². The van der Waals surface area contributed by atoms with E-state index in [0.29, 0.717) is 5.41 Å². The van der Waals surface area contributed by atoms with Gasteiger partial charge in [-0.05, 0) is 18.4 Å². The third-order valence-electron chi connectivity index (χ3n) is 2.93. The summed E-state index contributed by atoms with van der Waals surface area (Å²) < 4.78 is 0. The Bertz CT molecular complexity index is 118. The molecule has 10 heavy (non-hydrogen) atoms. The smallest absolute Gasteiger partial charge is 0.0274 e. The Hall–Kier alpha value is -0.0400. The number of rotatable bonds is 3. The van der Waals surface area contributed by atoms with Gasteiger partial charge in [0.25, 0.3) is 0 Å². The second-order valence-electron chi connectivity index (χ2n) is 3.95. The first kappa shape index (κ1) is 8.06. The minimum Gasteiger partial charge on any atom is -0.297 e. The van der Waals surface area contributed by atoms with Crippen LogP contribution in [0.15, 0.2) is 0 Å². The normalized spacial score (nSPS) is 32.4. The molecule has 0 aliphatic carbocycles. The first-order chi connectivity index (χ1) is 4.61. The van der Waals surface area contributed by atoms with E-state index in [0.717, 1.165) is 6.04 Å². The van der Waals surface area contributed by atoms with Gasteiger partial charge in [-0.15, -0.1) is 0 Å². The predicted molar refractivity (Wildman–Crippen MR) is 45.1 cm³/mol. The molecule has 1 heteroatoms. The molecule has 0 N–H and O–H groups in total. The molecule has 1 nitrogen and oxygen atoms in total. The van der Waals surface area contributed by atoms with Crippen molar-refractivity contribution in [2.75, 3.05) is 13.1 Å². The van der Waals surface area contributed by atoms with E-state index in [-0.39, 0.29) is 0 Å². The van der Waals surface area contributed by atoms with E-state index < -0.39 is 0 Å². The van der Waals surface area contributed by atoms with Gasteiger partial charge in [0.2, 0.25) is 0 Å². The van der Waals surface area contributed by atoms with E-state index in [2.05, 4.69) is 32.6 Å². The Morgan fingerprint density at radius 3 is 2.30 bits per heavy atom. The van der Waals surface area contributed by atoms with Crippen LogP contribution < -0.4 is 0 Å². The summed E-state index contributed by atoms with van der Waals surface area (Å²) >= 11 is 0. The molecule has 1 aliphatic rings. The molecular weight excluding hydrogens is 122 g/mol. The molecule has 0 bridgehead atoms. The Balaban J connectivity index is 2.37. The fourth-order valence-electron chi connectivity index (χ4n) is 1.50. The van der Waals surface area contributed by atoms with Crippen molar-refractivity contribution < 1.29 is 0 Å². The highest BCUT2D eigenvalue weighted by atomic mass is 15.3. The molecule has 0 aromatic rings. The van der Waals surface area contributed by atoms with Crippen LogP contribution in [-0.4, -0.2) is 24.0 Å². The fraction of sp³-hybridized carbons (Fsp3) is 1.00. The number of hydrogen-bond acceptors (Lipinski definition) is 1. The van der Waals surface area contributed by atoms with Crippen LogP contribution in [0.5, 0.6) is 0 Å². The van der Waals surface area contributed by atoms with Gasteiger partial charge in [0.15, 0.2) is 0 Å². The van der Waals surface area contributed by atoms with Gasteiger partial charge in [-0.2, -0.15) is 0 Å². The van der Waals surface area contributed by atoms with E-state index in [1.165, 1.54) is 19.5 Å². The average molecular weight is 141 g/mol. The largest absolute Gasteiger partial charge is 0.297 e. The lowest BCUT2D eigenvalue weighted by Crippen LogP contribution is -2.21. The SMILES string of the molecule is CCN1CC1C(C)(C)CC. The van der Waals surface area contributed by atoms with E-state index in [1.54, 1.807) is 0 Å². The zero-order valence-corrected chi connectivity index (χ0v) is 7.65. The second-order valence-corrected chi connectivity index (χ2v) is 3.95. The third-order valence-corrected chi connectivity index (χ3v) is 2.93.